The minimum absolute atomic E-state index is 0.162. The summed E-state index contributed by atoms with van der Waals surface area (Å²) < 4.78 is 36.9. The first-order valence-corrected chi connectivity index (χ1v) is 5.39. The lowest BCUT2D eigenvalue weighted by molar-refractivity contribution is -0.163. The molecular formula is C10H12F3NO3. The van der Waals surface area contributed by atoms with E-state index in [-0.39, 0.29) is 12.5 Å². The van der Waals surface area contributed by atoms with Crippen molar-refractivity contribution >= 4 is 11.9 Å². The van der Waals surface area contributed by atoms with Crippen molar-refractivity contribution in [2.24, 2.45) is 11.8 Å². The monoisotopic (exact) mass is 251 g/mol. The first-order chi connectivity index (χ1) is 7.79. The van der Waals surface area contributed by atoms with Gasteiger partial charge in [-0.15, -0.1) is 0 Å². The molecule has 2 aliphatic rings. The van der Waals surface area contributed by atoms with Gasteiger partial charge in [0.2, 0.25) is 5.91 Å². The Morgan fingerprint density at radius 1 is 1.24 bits per heavy atom. The summed E-state index contributed by atoms with van der Waals surface area (Å²) in [6.45, 7) is -1.26. The number of carbonyl (C=O) groups excluding carboxylic acids is 1. The number of hydrogen-bond acceptors (Lipinski definition) is 2. The van der Waals surface area contributed by atoms with Crippen LogP contribution in [-0.2, 0) is 9.59 Å². The molecule has 0 aromatic carbocycles. The van der Waals surface area contributed by atoms with Crippen LogP contribution >= 0.6 is 0 Å². The maximum absolute atomic E-state index is 12.3. The van der Waals surface area contributed by atoms with E-state index in [1.165, 1.54) is 0 Å². The quantitative estimate of drug-likeness (QED) is 0.818. The van der Waals surface area contributed by atoms with Gasteiger partial charge in [0, 0.05) is 6.04 Å². The Labute approximate surface area is 95.4 Å². The third-order valence-corrected chi connectivity index (χ3v) is 3.05. The molecule has 1 amide bonds. The van der Waals surface area contributed by atoms with E-state index in [9.17, 15) is 22.8 Å². The second-order valence-electron chi connectivity index (χ2n) is 4.60. The lowest BCUT2D eigenvalue weighted by Gasteiger charge is -2.23. The van der Waals surface area contributed by atoms with Crippen LogP contribution in [0.5, 0.6) is 0 Å². The molecule has 4 nitrogen and oxygen atoms in total. The number of nitrogens with zero attached hydrogens (tertiary/aromatic N) is 1. The summed E-state index contributed by atoms with van der Waals surface area (Å²) in [5.74, 6) is -3.31. The third kappa shape index (κ3) is 2.89. The normalized spacial score (nSPS) is 27.7. The van der Waals surface area contributed by atoms with Gasteiger partial charge in [-0.25, -0.2) is 0 Å². The van der Waals surface area contributed by atoms with Crippen molar-refractivity contribution in [2.45, 2.75) is 31.5 Å². The van der Waals surface area contributed by atoms with Gasteiger partial charge in [-0.2, -0.15) is 13.2 Å². The number of halogens is 3. The summed E-state index contributed by atoms with van der Waals surface area (Å²) in [6, 6.07) is -0.348. The van der Waals surface area contributed by atoms with Crippen LogP contribution in [-0.4, -0.2) is 40.6 Å². The molecule has 2 fully saturated rings. The maximum atomic E-state index is 12.3. The van der Waals surface area contributed by atoms with E-state index in [1.807, 2.05) is 0 Å². The van der Waals surface area contributed by atoms with E-state index in [0.29, 0.717) is 12.8 Å². The van der Waals surface area contributed by atoms with Gasteiger partial charge in [0.25, 0.3) is 0 Å². The van der Waals surface area contributed by atoms with E-state index in [0.717, 1.165) is 4.90 Å². The second-order valence-corrected chi connectivity index (χ2v) is 4.60. The number of aliphatic carboxylic acids is 1. The lowest BCUT2D eigenvalue weighted by Crippen LogP contribution is -2.41. The Hall–Kier alpha value is -1.27. The number of carbonyl (C=O) groups is 2. The van der Waals surface area contributed by atoms with Crippen molar-refractivity contribution in [3.63, 3.8) is 0 Å². The first-order valence-electron chi connectivity index (χ1n) is 5.39. The molecule has 0 bridgehead atoms. The number of carboxylic acids is 1. The topological polar surface area (TPSA) is 57.6 Å². The molecule has 0 aromatic rings. The summed E-state index contributed by atoms with van der Waals surface area (Å²) in [5.41, 5.74) is 0. The maximum Gasteiger partial charge on any atom is 0.406 e. The molecule has 0 spiro atoms. The van der Waals surface area contributed by atoms with Crippen molar-refractivity contribution in [2.75, 3.05) is 6.54 Å². The van der Waals surface area contributed by atoms with Crippen molar-refractivity contribution in [3.8, 4) is 0 Å². The highest BCUT2D eigenvalue weighted by Crippen LogP contribution is 2.42. The Kier molecular flexibility index (Phi) is 2.79. The van der Waals surface area contributed by atoms with Gasteiger partial charge in [0.1, 0.15) is 6.54 Å². The van der Waals surface area contributed by atoms with Crippen molar-refractivity contribution in [3.05, 3.63) is 0 Å². The molecule has 0 saturated heterocycles. The van der Waals surface area contributed by atoms with Crippen molar-refractivity contribution < 1.29 is 27.9 Å². The molecule has 0 aromatic heterocycles. The van der Waals surface area contributed by atoms with Crippen LogP contribution in [0.4, 0.5) is 13.2 Å². The summed E-state index contributed by atoms with van der Waals surface area (Å²) in [7, 11) is 0. The number of rotatable bonds is 4. The fourth-order valence-corrected chi connectivity index (χ4v) is 1.92. The van der Waals surface area contributed by atoms with Crippen LogP contribution in [0.3, 0.4) is 0 Å². The van der Waals surface area contributed by atoms with E-state index in [1.54, 1.807) is 0 Å². The zero-order chi connectivity index (χ0) is 12.8. The molecule has 2 rings (SSSR count). The zero-order valence-electron chi connectivity index (χ0n) is 8.91. The predicted molar refractivity (Wildman–Crippen MR) is 50.0 cm³/mol. The molecule has 2 aliphatic carbocycles. The zero-order valence-corrected chi connectivity index (χ0v) is 8.91. The lowest BCUT2D eigenvalue weighted by atomic mass is 10.2. The highest BCUT2D eigenvalue weighted by molar-refractivity contribution is 5.89. The average Bonchev–Trinajstić information content (AvgIpc) is 3.00. The van der Waals surface area contributed by atoms with E-state index in [2.05, 4.69) is 0 Å². The standard InChI is InChI=1S/C10H12F3NO3/c11-10(12,13)4-14(5-1-2-5)8(15)6-3-7(6)9(16)17/h5-7H,1-4H2,(H,16,17). The summed E-state index contributed by atoms with van der Waals surface area (Å²) in [5, 5.41) is 8.65. The number of alkyl halides is 3. The Morgan fingerprint density at radius 3 is 2.18 bits per heavy atom. The summed E-state index contributed by atoms with van der Waals surface area (Å²) in [4.78, 5) is 23.1. The molecule has 0 aliphatic heterocycles. The van der Waals surface area contributed by atoms with Crippen molar-refractivity contribution in [1.29, 1.82) is 0 Å². The number of carboxylic acid groups (broad SMARTS) is 1. The molecule has 0 radical (unpaired) electrons. The van der Waals surface area contributed by atoms with Gasteiger partial charge in [-0.3, -0.25) is 9.59 Å². The van der Waals surface area contributed by atoms with E-state index in [4.69, 9.17) is 5.11 Å². The van der Waals surface area contributed by atoms with Crippen LogP contribution in [0.2, 0.25) is 0 Å². The van der Waals surface area contributed by atoms with Gasteiger partial charge in [-0.05, 0) is 19.3 Å². The van der Waals surface area contributed by atoms with Crippen LogP contribution in [0.1, 0.15) is 19.3 Å². The largest absolute Gasteiger partial charge is 0.481 e. The van der Waals surface area contributed by atoms with E-state index < -0.39 is 36.4 Å². The van der Waals surface area contributed by atoms with Gasteiger partial charge >= 0.3 is 12.1 Å². The van der Waals surface area contributed by atoms with Gasteiger partial charge in [0.05, 0.1) is 11.8 Å². The smallest absolute Gasteiger partial charge is 0.406 e. The van der Waals surface area contributed by atoms with Crippen LogP contribution < -0.4 is 0 Å². The Balaban J connectivity index is 1.97. The molecule has 2 atom stereocenters. The average molecular weight is 251 g/mol. The summed E-state index contributed by atoms with van der Waals surface area (Å²) >= 11 is 0. The molecule has 7 heteroatoms. The number of amides is 1. The van der Waals surface area contributed by atoms with Gasteiger partial charge in [0.15, 0.2) is 0 Å². The molecular weight excluding hydrogens is 239 g/mol. The fourth-order valence-electron chi connectivity index (χ4n) is 1.92. The Morgan fingerprint density at radius 2 is 1.82 bits per heavy atom. The second kappa shape index (κ2) is 3.89. The fraction of sp³-hybridized carbons (Fsp3) is 0.800. The van der Waals surface area contributed by atoms with Crippen molar-refractivity contribution in [1.82, 2.24) is 4.90 Å². The minimum Gasteiger partial charge on any atom is -0.481 e. The first kappa shape index (κ1) is 12.2. The molecule has 17 heavy (non-hydrogen) atoms. The van der Waals surface area contributed by atoms with Crippen LogP contribution in [0, 0.1) is 11.8 Å². The SMILES string of the molecule is O=C(O)C1CC1C(=O)N(CC(F)(F)F)C1CC1. The van der Waals surface area contributed by atoms with E-state index >= 15 is 0 Å². The molecule has 1 N–H and O–H groups in total. The molecule has 96 valence electrons. The van der Waals surface area contributed by atoms with Crippen LogP contribution in [0.15, 0.2) is 0 Å². The van der Waals surface area contributed by atoms with Gasteiger partial charge in [-0.1, -0.05) is 0 Å². The highest BCUT2D eigenvalue weighted by atomic mass is 19.4. The van der Waals surface area contributed by atoms with Crippen LogP contribution in [0.25, 0.3) is 0 Å². The minimum atomic E-state index is -4.42. The highest BCUT2D eigenvalue weighted by Gasteiger charge is 2.53. The summed E-state index contributed by atoms with van der Waals surface area (Å²) in [6.07, 6.45) is -3.11. The molecule has 2 saturated carbocycles. The van der Waals surface area contributed by atoms with Gasteiger partial charge < -0.3 is 10.0 Å². The number of hydrogen-bond donors (Lipinski definition) is 1. The third-order valence-electron chi connectivity index (χ3n) is 3.05. The Bertz CT molecular complexity index is 351. The molecule has 0 heterocycles. The molecule has 2 unspecified atom stereocenters. The predicted octanol–water partition coefficient (Wildman–Crippen LogP) is 1.26.